The summed E-state index contributed by atoms with van der Waals surface area (Å²) >= 11 is 0. The van der Waals surface area contributed by atoms with Crippen molar-refractivity contribution in [2.24, 2.45) is 5.92 Å². The Morgan fingerprint density at radius 3 is 2.71 bits per heavy atom. The van der Waals surface area contributed by atoms with E-state index in [-0.39, 0.29) is 24.1 Å². The van der Waals surface area contributed by atoms with Crippen LogP contribution in [0.3, 0.4) is 0 Å². The molecule has 0 aromatic heterocycles. The Morgan fingerprint density at radius 1 is 1.06 bits per heavy atom. The van der Waals surface area contributed by atoms with Gasteiger partial charge in [-0.1, -0.05) is 43.2 Å². The zero-order valence-corrected chi connectivity index (χ0v) is 19.8. The summed E-state index contributed by atoms with van der Waals surface area (Å²) in [4.78, 5) is 38.4. The molecule has 2 aromatic rings. The molecule has 2 aromatic carbocycles. The molecule has 2 fully saturated rings. The lowest BCUT2D eigenvalue weighted by Gasteiger charge is -2.33. The monoisotopic (exact) mass is 470 g/mol. The second-order valence-electron chi connectivity index (χ2n) is 9.90. The van der Waals surface area contributed by atoms with Crippen molar-refractivity contribution < 1.29 is 14.4 Å². The standard InChI is InChI=1S/C28H30N4O3/c29-15-20-6-1-2-7-21(20)16-30-24-8-4-3-5-19(24)13-18-9-10-23-22(14-18)17-32(28(23)35)25-11-12-26(33)31-27(25)34/h1-2,6-7,9-10,14,19,24-25,30H,3-5,8,11-13,16-17H2,(H,31,33,34)/t19-,24+,25?/m0/s1. The van der Waals surface area contributed by atoms with E-state index in [1.807, 2.05) is 36.4 Å². The van der Waals surface area contributed by atoms with Crippen molar-refractivity contribution in [3.05, 3.63) is 70.3 Å². The van der Waals surface area contributed by atoms with E-state index in [4.69, 9.17) is 0 Å². The maximum atomic E-state index is 13.0. The second kappa shape index (κ2) is 10.0. The molecule has 0 spiro atoms. The molecule has 1 aliphatic carbocycles. The second-order valence-corrected chi connectivity index (χ2v) is 9.90. The normalized spacial score (nSPS) is 24.1. The lowest BCUT2D eigenvalue weighted by atomic mass is 9.80. The van der Waals surface area contributed by atoms with Gasteiger partial charge < -0.3 is 10.2 Å². The van der Waals surface area contributed by atoms with Crippen molar-refractivity contribution in [3.63, 3.8) is 0 Å². The summed E-state index contributed by atoms with van der Waals surface area (Å²) in [7, 11) is 0. The van der Waals surface area contributed by atoms with Gasteiger partial charge in [0.15, 0.2) is 0 Å². The van der Waals surface area contributed by atoms with Gasteiger partial charge >= 0.3 is 0 Å². The van der Waals surface area contributed by atoms with E-state index in [0.717, 1.165) is 36.0 Å². The summed E-state index contributed by atoms with van der Waals surface area (Å²) in [5, 5.41) is 15.5. The third kappa shape index (κ3) is 4.85. The van der Waals surface area contributed by atoms with Crippen LogP contribution in [0.4, 0.5) is 0 Å². The van der Waals surface area contributed by atoms with Crippen LogP contribution in [-0.2, 0) is 29.1 Å². The van der Waals surface area contributed by atoms with Gasteiger partial charge in [-0.3, -0.25) is 19.7 Å². The quantitative estimate of drug-likeness (QED) is 0.631. The third-order valence-electron chi connectivity index (χ3n) is 7.69. The number of benzene rings is 2. The molecule has 1 unspecified atom stereocenters. The Kier molecular flexibility index (Phi) is 6.65. The van der Waals surface area contributed by atoms with Gasteiger partial charge in [0.1, 0.15) is 6.04 Å². The number of nitrogens with zero attached hydrogens (tertiary/aromatic N) is 2. The number of imide groups is 1. The van der Waals surface area contributed by atoms with Crippen molar-refractivity contribution in [1.82, 2.24) is 15.5 Å². The molecule has 0 radical (unpaired) electrons. The van der Waals surface area contributed by atoms with Crippen molar-refractivity contribution in [2.45, 2.75) is 70.1 Å². The average Bonchev–Trinajstić information content (AvgIpc) is 3.19. The molecule has 5 rings (SSSR count). The fourth-order valence-corrected chi connectivity index (χ4v) is 5.80. The molecule has 3 amide bonds. The summed E-state index contributed by atoms with van der Waals surface area (Å²) in [5.41, 5.74) is 4.57. The fraction of sp³-hybridized carbons (Fsp3) is 0.429. The summed E-state index contributed by atoms with van der Waals surface area (Å²) in [6.45, 7) is 1.09. The number of hydrogen-bond donors (Lipinski definition) is 2. The first-order chi connectivity index (χ1) is 17.0. The van der Waals surface area contributed by atoms with Crippen LogP contribution in [0, 0.1) is 17.2 Å². The number of fused-ring (bicyclic) bond motifs is 1. The number of amides is 3. The number of carbonyl (C=O) groups is 3. The lowest BCUT2D eigenvalue weighted by molar-refractivity contribution is -0.136. The number of nitrogens with one attached hydrogen (secondary N) is 2. The SMILES string of the molecule is N#Cc1ccccc1CN[C@@H]1CCCC[C@H]1Cc1ccc2c(c1)CN(C1CCC(=O)NC1=O)C2=O. The number of rotatable bonds is 6. The molecule has 1 saturated carbocycles. The van der Waals surface area contributed by atoms with E-state index < -0.39 is 6.04 Å². The van der Waals surface area contributed by atoms with Crippen molar-refractivity contribution in [1.29, 1.82) is 5.26 Å². The minimum atomic E-state index is -0.584. The van der Waals surface area contributed by atoms with E-state index >= 15 is 0 Å². The van der Waals surface area contributed by atoms with Crippen LogP contribution in [0.15, 0.2) is 42.5 Å². The maximum Gasteiger partial charge on any atom is 0.255 e. The fourth-order valence-electron chi connectivity index (χ4n) is 5.80. The molecule has 35 heavy (non-hydrogen) atoms. The smallest absolute Gasteiger partial charge is 0.255 e. The highest BCUT2D eigenvalue weighted by molar-refractivity contribution is 6.05. The first-order valence-electron chi connectivity index (χ1n) is 12.5. The molecule has 2 heterocycles. The molecule has 3 aliphatic rings. The van der Waals surface area contributed by atoms with E-state index in [1.165, 1.54) is 18.4 Å². The number of hydrogen-bond acceptors (Lipinski definition) is 5. The average molecular weight is 471 g/mol. The van der Waals surface area contributed by atoms with Gasteiger partial charge in [-0.15, -0.1) is 0 Å². The zero-order chi connectivity index (χ0) is 24.4. The molecule has 180 valence electrons. The van der Waals surface area contributed by atoms with Crippen LogP contribution in [0.5, 0.6) is 0 Å². The molecule has 1 saturated heterocycles. The van der Waals surface area contributed by atoms with Crippen molar-refractivity contribution in [2.75, 3.05) is 0 Å². The maximum absolute atomic E-state index is 13.0. The molecule has 7 nitrogen and oxygen atoms in total. The van der Waals surface area contributed by atoms with E-state index in [2.05, 4.69) is 22.8 Å². The van der Waals surface area contributed by atoms with Crippen LogP contribution in [0.1, 0.15) is 71.1 Å². The molecule has 7 heteroatoms. The van der Waals surface area contributed by atoms with Gasteiger partial charge in [0.25, 0.3) is 5.91 Å². The van der Waals surface area contributed by atoms with Crippen LogP contribution in [0.25, 0.3) is 0 Å². The topological polar surface area (TPSA) is 102 Å². The van der Waals surface area contributed by atoms with E-state index in [0.29, 0.717) is 37.0 Å². The van der Waals surface area contributed by atoms with E-state index in [1.54, 1.807) is 4.90 Å². The Morgan fingerprint density at radius 2 is 1.89 bits per heavy atom. The highest BCUT2D eigenvalue weighted by Gasteiger charge is 2.39. The molecule has 0 bridgehead atoms. The zero-order valence-electron chi connectivity index (χ0n) is 19.8. The number of piperidine rings is 1. The molecular weight excluding hydrogens is 440 g/mol. The minimum absolute atomic E-state index is 0.130. The van der Waals surface area contributed by atoms with E-state index in [9.17, 15) is 19.6 Å². The Balaban J connectivity index is 1.26. The van der Waals surface area contributed by atoms with Crippen molar-refractivity contribution >= 4 is 17.7 Å². The summed E-state index contributed by atoms with van der Waals surface area (Å²) < 4.78 is 0. The first-order valence-corrected chi connectivity index (χ1v) is 12.5. The number of carbonyl (C=O) groups excluding carboxylic acids is 3. The predicted octanol–water partition coefficient (Wildman–Crippen LogP) is 3.21. The Hall–Kier alpha value is -3.50. The van der Waals surface area contributed by atoms with Gasteiger partial charge in [-0.05, 0) is 60.4 Å². The molecule has 2 N–H and O–H groups in total. The summed E-state index contributed by atoms with van der Waals surface area (Å²) in [6.07, 6.45) is 6.25. The largest absolute Gasteiger partial charge is 0.322 e. The highest BCUT2D eigenvalue weighted by Crippen LogP contribution is 2.32. The van der Waals surface area contributed by atoms with Gasteiger partial charge in [-0.2, -0.15) is 5.26 Å². The minimum Gasteiger partial charge on any atom is -0.322 e. The third-order valence-corrected chi connectivity index (χ3v) is 7.69. The van der Waals surface area contributed by atoms with Gasteiger partial charge in [-0.25, -0.2) is 0 Å². The summed E-state index contributed by atoms with van der Waals surface area (Å²) in [6, 6.07) is 15.9. The van der Waals surface area contributed by atoms with Gasteiger partial charge in [0.05, 0.1) is 11.6 Å². The molecule has 3 atom stereocenters. The first kappa shape index (κ1) is 23.3. The van der Waals surface area contributed by atoms with Gasteiger partial charge in [0.2, 0.25) is 11.8 Å². The van der Waals surface area contributed by atoms with Crippen LogP contribution in [0.2, 0.25) is 0 Å². The van der Waals surface area contributed by atoms with Crippen LogP contribution in [-0.4, -0.2) is 34.7 Å². The molecular formula is C28H30N4O3. The highest BCUT2D eigenvalue weighted by atomic mass is 16.2. The Labute approximate surface area is 205 Å². The molecule has 2 aliphatic heterocycles. The predicted molar refractivity (Wildman–Crippen MR) is 130 cm³/mol. The van der Waals surface area contributed by atoms with Crippen molar-refractivity contribution in [3.8, 4) is 6.07 Å². The Bertz CT molecular complexity index is 1200. The lowest BCUT2D eigenvalue weighted by Crippen LogP contribution is -2.52. The number of nitriles is 1. The van der Waals surface area contributed by atoms with Gasteiger partial charge in [0, 0.05) is 31.1 Å². The van der Waals surface area contributed by atoms with Crippen LogP contribution < -0.4 is 10.6 Å². The van der Waals surface area contributed by atoms with Crippen LogP contribution >= 0.6 is 0 Å². The summed E-state index contributed by atoms with van der Waals surface area (Å²) in [5.74, 6) is -0.296.